The van der Waals surface area contributed by atoms with Crippen molar-refractivity contribution < 1.29 is 19.1 Å². The van der Waals surface area contributed by atoms with Gasteiger partial charge < -0.3 is 9.47 Å². The second-order valence-electron chi connectivity index (χ2n) is 6.91. The number of allylic oxidation sites excluding steroid dienone is 2. The van der Waals surface area contributed by atoms with Crippen molar-refractivity contribution in [3.05, 3.63) is 60.7 Å². The average Bonchev–Trinajstić information content (AvgIpc) is 2.95. The Morgan fingerprint density at radius 1 is 0.963 bits per heavy atom. The van der Waals surface area contributed by atoms with Gasteiger partial charge in [-0.25, -0.2) is 0 Å². The average molecular weight is 363 g/mol. The normalized spacial score (nSPS) is 24.1. The maximum absolute atomic E-state index is 12.8. The first-order valence-electron chi connectivity index (χ1n) is 9.05. The quantitative estimate of drug-likeness (QED) is 0.604. The number of para-hydroxylation sites is 2. The summed E-state index contributed by atoms with van der Waals surface area (Å²) in [6.07, 6.45) is 4.66. The molecule has 2 aliphatic rings. The predicted octanol–water partition coefficient (Wildman–Crippen LogP) is 4.19. The van der Waals surface area contributed by atoms with Gasteiger partial charge in [0.1, 0.15) is 5.75 Å². The zero-order valence-electron chi connectivity index (χ0n) is 15.3. The number of fused-ring (bicyclic) bond motifs is 1. The lowest BCUT2D eigenvalue weighted by atomic mass is 9.78. The fraction of sp³-hybridized carbons (Fsp3) is 0.273. The molecule has 1 heterocycles. The number of hydrogen-bond acceptors (Lipinski definition) is 4. The molecule has 1 fully saturated rings. The van der Waals surface area contributed by atoms with E-state index in [-0.39, 0.29) is 29.6 Å². The van der Waals surface area contributed by atoms with E-state index in [4.69, 9.17) is 9.47 Å². The van der Waals surface area contributed by atoms with Crippen LogP contribution in [0.25, 0.3) is 0 Å². The highest BCUT2D eigenvalue weighted by Crippen LogP contribution is 2.41. The molecule has 27 heavy (non-hydrogen) atoms. The number of hydrogen-bond donors (Lipinski definition) is 0. The van der Waals surface area contributed by atoms with Gasteiger partial charge in [-0.3, -0.25) is 14.5 Å². The molecule has 0 bridgehead atoms. The van der Waals surface area contributed by atoms with Gasteiger partial charge in [-0.2, -0.15) is 0 Å². The van der Waals surface area contributed by atoms with Crippen LogP contribution in [0, 0.1) is 17.8 Å². The highest BCUT2D eigenvalue weighted by molar-refractivity contribution is 6.22. The SMILES string of the molecule is COc1ccccc1Oc1ccc(N2C(=O)[C@H]3[C@H](C)C=CC[C@@H]3C2=O)cc1. The highest BCUT2D eigenvalue weighted by Gasteiger charge is 2.50. The van der Waals surface area contributed by atoms with E-state index >= 15 is 0 Å². The summed E-state index contributed by atoms with van der Waals surface area (Å²) >= 11 is 0. The van der Waals surface area contributed by atoms with Gasteiger partial charge in [-0.05, 0) is 48.7 Å². The van der Waals surface area contributed by atoms with E-state index < -0.39 is 0 Å². The lowest BCUT2D eigenvalue weighted by Crippen LogP contribution is -2.31. The Morgan fingerprint density at radius 3 is 2.33 bits per heavy atom. The van der Waals surface area contributed by atoms with E-state index in [9.17, 15) is 9.59 Å². The maximum Gasteiger partial charge on any atom is 0.238 e. The first-order chi connectivity index (χ1) is 13.1. The molecule has 5 heteroatoms. The molecule has 2 aromatic carbocycles. The molecular formula is C22H21NO4. The summed E-state index contributed by atoms with van der Waals surface area (Å²) in [6.45, 7) is 1.99. The van der Waals surface area contributed by atoms with Crippen molar-refractivity contribution in [3.63, 3.8) is 0 Å². The maximum atomic E-state index is 12.8. The van der Waals surface area contributed by atoms with Crippen LogP contribution in [-0.4, -0.2) is 18.9 Å². The smallest absolute Gasteiger partial charge is 0.238 e. The summed E-state index contributed by atoms with van der Waals surface area (Å²) in [5.74, 6) is 1.20. The Labute approximate surface area is 158 Å². The molecular weight excluding hydrogens is 342 g/mol. The summed E-state index contributed by atoms with van der Waals surface area (Å²) < 4.78 is 11.1. The molecule has 1 aliphatic carbocycles. The minimum atomic E-state index is -0.257. The Bertz CT molecular complexity index is 903. The molecule has 4 rings (SSSR count). The summed E-state index contributed by atoms with van der Waals surface area (Å²) in [6, 6.07) is 14.4. The molecule has 2 amide bonds. The summed E-state index contributed by atoms with van der Waals surface area (Å²) in [5.41, 5.74) is 0.582. The zero-order valence-corrected chi connectivity index (χ0v) is 15.3. The van der Waals surface area contributed by atoms with Gasteiger partial charge in [-0.1, -0.05) is 31.2 Å². The third-order valence-corrected chi connectivity index (χ3v) is 5.26. The van der Waals surface area contributed by atoms with Crippen LogP contribution in [0.15, 0.2) is 60.7 Å². The Kier molecular flexibility index (Phi) is 4.44. The van der Waals surface area contributed by atoms with Crippen LogP contribution in [0.1, 0.15) is 13.3 Å². The van der Waals surface area contributed by atoms with Crippen molar-refractivity contribution in [1.82, 2.24) is 0 Å². The van der Waals surface area contributed by atoms with E-state index in [0.717, 1.165) is 0 Å². The fourth-order valence-corrected chi connectivity index (χ4v) is 3.90. The van der Waals surface area contributed by atoms with E-state index in [1.165, 1.54) is 4.90 Å². The standard InChI is InChI=1S/C22H21NO4/c1-14-6-5-7-17-20(14)22(25)23(21(17)24)15-10-12-16(13-11-15)27-19-9-4-3-8-18(19)26-2/h3-6,8-14,17,20H,7H2,1-2H3/t14-,17+,20+/m1/s1. The Balaban J connectivity index is 1.56. The molecule has 2 aromatic rings. The number of methoxy groups -OCH3 is 1. The monoisotopic (exact) mass is 363 g/mol. The number of carbonyl (C=O) groups is 2. The van der Waals surface area contributed by atoms with E-state index in [1.807, 2.05) is 43.3 Å². The van der Waals surface area contributed by atoms with Gasteiger partial charge in [0.2, 0.25) is 11.8 Å². The Morgan fingerprint density at radius 2 is 1.67 bits per heavy atom. The number of rotatable bonds is 4. The van der Waals surface area contributed by atoms with E-state index in [0.29, 0.717) is 29.4 Å². The lowest BCUT2D eigenvalue weighted by molar-refractivity contribution is -0.122. The van der Waals surface area contributed by atoms with Crippen LogP contribution in [0.2, 0.25) is 0 Å². The molecule has 0 N–H and O–H groups in total. The molecule has 0 aromatic heterocycles. The van der Waals surface area contributed by atoms with Crippen molar-refractivity contribution >= 4 is 17.5 Å². The fourth-order valence-electron chi connectivity index (χ4n) is 3.90. The van der Waals surface area contributed by atoms with Crippen LogP contribution in [-0.2, 0) is 9.59 Å². The second-order valence-corrected chi connectivity index (χ2v) is 6.91. The molecule has 0 radical (unpaired) electrons. The number of benzene rings is 2. The first kappa shape index (κ1) is 17.3. The van der Waals surface area contributed by atoms with Crippen molar-refractivity contribution in [2.45, 2.75) is 13.3 Å². The van der Waals surface area contributed by atoms with Crippen molar-refractivity contribution in [2.75, 3.05) is 12.0 Å². The number of nitrogens with zero attached hydrogens (tertiary/aromatic N) is 1. The van der Waals surface area contributed by atoms with Gasteiger partial charge in [0.05, 0.1) is 24.6 Å². The van der Waals surface area contributed by atoms with Crippen molar-refractivity contribution in [2.24, 2.45) is 17.8 Å². The number of anilines is 1. The molecule has 0 saturated carbocycles. The third-order valence-electron chi connectivity index (χ3n) is 5.26. The zero-order chi connectivity index (χ0) is 19.0. The molecule has 138 valence electrons. The largest absolute Gasteiger partial charge is 0.493 e. The number of ether oxygens (including phenoxy) is 2. The molecule has 0 unspecified atom stereocenters. The number of amides is 2. The van der Waals surface area contributed by atoms with Crippen LogP contribution in [0.3, 0.4) is 0 Å². The van der Waals surface area contributed by atoms with Crippen LogP contribution in [0.5, 0.6) is 17.2 Å². The summed E-state index contributed by atoms with van der Waals surface area (Å²) in [4.78, 5) is 26.9. The van der Waals surface area contributed by atoms with Crippen LogP contribution in [0.4, 0.5) is 5.69 Å². The minimum Gasteiger partial charge on any atom is -0.493 e. The second kappa shape index (κ2) is 6.91. The van der Waals surface area contributed by atoms with E-state index in [2.05, 4.69) is 0 Å². The van der Waals surface area contributed by atoms with Gasteiger partial charge in [0, 0.05) is 0 Å². The summed E-state index contributed by atoms with van der Waals surface area (Å²) in [5, 5.41) is 0. The van der Waals surface area contributed by atoms with Gasteiger partial charge in [0.25, 0.3) is 0 Å². The Hall–Kier alpha value is -3.08. The third kappa shape index (κ3) is 2.99. The van der Waals surface area contributed by atoms with Crippen LogP contribution >= 0.6 is 0 Å². The van der Waals surface area contributed by atoms with Gasteiger partial charge >= 0.3 is 0 Å². The van der Waals surface area contributed by atoms with Crippen molar-refractivity contribution in [3.8, 4) is 17.2 Å². The molecule has 1 aliphatic heterocycles. The number of imide groups is 1. The number of carbonyl (C=O) groups excluding carboxylic acids is 2. The first-order valence-corrected chi connectivity index (χ1v) is 9.05. The molecule has 3 atom stereocenters. The topological polar surface area (TPSA) is 55.8 Å². The van der Waals surface area contributed by atoms with Gasteiger partial charge in [0.15, 0.2) is 11.5 Å². The molecule has 1 saturated heterocycles. The van der Waals surface area contributed by atoms with Gasteiger partial charge in [-0.15, -0.1) is 0 Å². The van der Waals surface area contributed by atoms with Crippen molar-refractivity contribution in [1.29, 1.82) is 0 Å². The molecule has 0 spiro atoms. The van der Waals surface area contributed by atoms with Crippen LogP contribution < -0.4 is 14.4 Å². The highest BCUT2D eigenvalue weighted by atomic mass is 16.5. The predicted molar refractivity (Wildman–Crippen MR) is 102 cm³/mol. The summed E-state index contributed by atoms with van der Waals surface area (Å²) in [7, 11) is 1.59. The molecule has 5 nitrogen and oxygen atoms in total. The van der Waals surface area contributed by atoms with E-state index in [1.54, 1.807) is 31.4 Å². The minimum absolute atomic E-state index is 0.0818. The lowest BCUT2D eigenvalue weighted by Gasteiger charge is -2.22.